The minimum atomic E-state index is -3.83. The second kappa shape index (κ2) is 8.75. The summed E-state index contributed by atoms with van der Waals surface area (Å²) in [6.07, 6.45) is 3.58. The summed E-state index contributed by atoms with van der Waals surface area (Å²) >= 11 is 0. The normalized spacial score (nSPS) is 14.6. The molecule has 0 atom stereocenters. The number of amides is 1. The molecule has 0 radical (unpaired) electrons. The predicted octanol–water partition coefficient (Wildman–Crippen LogP) is 3.37. The molecule has 1 amide bonds. The molecule has 0 aliphatic heterocycles. The highest BCUT2D eigenvalue weighted by molar-refractivity contribution is 7.89. The van der Waals surface area contributed by atoms with Gasteiger partial charge in [-0.3, -0.25) is 9.59 Å². The number of methoxy groups -OCH3 is 1. The fourth-order valence-electron chi connectivity index (χ4n) is 3.37. The maximum absolute atomic E-state index is 12.9. The van der Waals surface area contributed by atoms with E-state index in [1.165, 1.54) is 32.2 Å². The number of anilines is 1. The largest absolute Gasteiger partial charge is 0.495 e. The molecule has 3 rings (SSSR count). The topological polar surface area (TPSA) is 102 Å². The lowest BCUT2D eigenvalue weighted by Crippen LogP contribution is -2.33. The summed E-state index contributed by atoms with van der Waals surface area (Å²) in [5.41, 5.74) is 1.10. The van der Waals surface area contributed by atoms with Gasteiger partial charge in [-0.1, -0.05) is 25.0 Å². The van der Waals surface area contributed by atoms with Crippen molar-refractivity contribution in [3.05, 3.63) is 53.6 Å². The summed E-state index contributed by atoms with van der Waals surface area (Å²) < 4.78 is 33.6. The molecule has 2 N–H and O–H groups in total. The lowest BCUT2D eigenvalue weighted by atomic mass is 10.1. The van der Waals surface area contributed by atoms with Crippen molar-refractivity contribution in [2.24, 2.45) is 0 Å². The first kappa shape index (κ1) is 21.0. The number of rotatable bonds is 7. The molecular formula is C21H24N2O5S. The van der Waals surface area contributed by atoms with Crippen LogP contribution in [0.2, 0.25) is 0 Å². The van der Waals surface area contributed by atoms with E-state index in [1.807, 2.05) is 0 Å². The summed E-state index contributed by atoms with van der Waals surface area (Å²) in [6.45, 7) is 1.44. The predicted molar refractivity (Wildman–Crippen MR) is 110 cm³/mol. The van der Waals surface area contributed by atoms with Gasteiger partial charge >= 0.3 is 0 Å². The van der Waals surface area contributed by atoms with Gasteiger partial charge in [-0.15, -0.1) is 0 Å². The first-order chi connectivity index (χ1) is 13.8. The zero-order valence-electron chi connectivity index (χ0n) is 16.4. The van der Waals surface area contributed by atoms with Crippen molar-refractivity contribution in [2.75, 3.05) is 12.4 Å². The molecule has 1 fully saturated rings. The Morgan fingerprint density at radius 2 is 1.76 bits per heavy atom. The number of sulfonamides is 1. The van der Waals surface area contributed by atoms with Gasteiger partial charge < -0.3 is 10.1 Å². The van der Waals surface area contributed by atoms with E-state index in [4.69, 9.17) is 4.74 Å². The second-order valence-electron chi connectivity index (χ2n) is 7.06. The van der Waals surface area contributed by atoms with E-state index in [2.05, 4.69) is 10.0 Å². The Balaban J connectivity index is 1.86. The monoisotopic (exact) mass is 416 g/mol. The molecule has 2 aromatic rings. The number of carbonyl (C=O) groups excluding carboxylic acids is 2. The first-order valence-electron chi connectivity index (χ1n) is 9.43. The van der Waals surface area contributed by atoms with Crippen molar-refractivity contribution in [3.8, 4) is 5.75 Å². The summed E-state index contributed by atoms with van der Waals surface area (Å²) in [4.78, 5) is 24.1. The molecule has 0 bridgehead atoms. The summed E-state index contributed by atoms with van der Waals surface area (Å²) in [5.74, 6) is -0.423. The number of carbonyl (C=O) groups is 2. The average molecular weight is 416 g/mol. The van der Waals surface area contributed by atoms with Gasteiger partial charge in [-0.05, 0) is 50.1 Å². The SMILES string of the molecule is COc1ccc(C(=O)Nc2cccc(C(C)=O)c2)cc1S(=O)(=O)NC1CCCC1. The molecule has 1 aliphatic carbocycles. The van der Waals surface area contributed by atoms with Gasteiger partial charge in [0.15, 0.2) is 5.78 Å². The first-order valence-corrected chi connectivity index (χ1v) is 10.9. The highest BCUT2D eigenvalue weighted by atomic mass is 32.2. The minimum Gasteiger partial charge on any atom is -0.495 e. The molecule has 0 unspecified atom stereocenters. The molecule has 0 heterocycles. The molecule has 154 valence electrons. The number of nitrogens with one attached hydrogen (secondary N) is 2. The van der Waals surface area contributed by atoms with Crippen LogP contribution >= 0.6 is 0 Å². The van der Waals surface area contributed by atoms with Crippen molar-refractivity contribution in [3.63, 3.8) is 0 Å². The Labute approximate surface area is 170 Å². The Kier molecular flexibility index (Phi) is 6.34. The number of ether oxygens (including phenoxy) is 1. The average Bonchev–Trinajstić information content (AvgIpc) is 3.20. The highest BCUT2D eigenvalue weighted by Gasteiger charge is 2.26. The minimum absolute atomic E-state index is 0.0722. The van der Waals surface area contributed by atoms with Crippen LogP contribution in [-0.4, -0.2) is 33.3 Å². The van der Waals surface area contributed by atoms with Crippen LogP contribution in [0.15, 0.2) is 47.4 Å². The Bertz CT molecular complexity index is 1030. The van der Waals surface area contributed by atoms with E-state index >= 15 is 0 Å². The van der Waals surface area contributed by atoms with Crippen LogP contribution < -0.4 is 14.8 Å². The fraction of sp³-hybridized carbons (Fsp3) is 0.333. The molecule has 8 heteroatoms. The van der Waals surface area contributed by atoms with Crippen LogP contribution in [0, 0.1) is 0 Å². The Hall–Kier alpha value is -2.71. The molecule has 0 spiro atoms. The molecular weight excluding hydrogens is 392 g/mol. The van der Waals surface area contributed by atoms with Gasteiger partial charge in [0.1, 0.15) is 10.6 Å². The number of hydrogen-bond acceptors (Lipinski definition) is 5. The van der Waals surface area contributed by atoms with Gasteiger partial charge in [0.2, 0.25) is 10.0 Å². The van der Waals surface area contributed by atoms with Crippen LogP contribution in [0.5, 0.6) is 5.75 Å². The molecule has 0 aromatic heterocycles. The third-order valence-corrected chi connectivity index (χ3v) is 6.46. The Morgan fingerprint density at radius 1 is 1.03 bits per heavy atom. The third kappa shape index (κ3) is 5.02. The van der Waals surface area contributed by atoms with Crippen molar-refractivity contribution in [1.82, 2.24) is 4.72 Å². The van der Waals surface area contributed by atoms with Crippen LogP contribution in [0.1, 0.15) is 53.3 Å². The van der Waals surface area contributed by atoms with E-state index in [1.54, 1.807) is 24.3 Å². The number of Topliss-reactive ketones (excluding diaryl/α,β-unsaturated/α-hetero) is 1. The molecule has 1 aliphatic rings. The standard InChI is InChI=1S/C21H24N2O5S/c1-14(24)15-6-5-9-18(12-15)22-21(25)16-10-11-19(28-2)20(13-16)29(26,27)23-17-7-3-4-8-17/h5-6,9-13,17,23H,3-4,7-8H2,1-2H3,(H,22,25). The summed E-state index contributed by atoms with van der Waals surface area (Å²) in [7, 11) is -2.45. The molecule has 7 nitrogen and oxygen atoms in total. The number of ketones is 1. The lowest BCUT2D eigenvalue weighted by molar-refractivity contribution is 0.101. The highest BCUT2D eigenvalue weighted by Crippen LogP contribution is 2.27. The van der Waals surface area contributed by atoms with Gasteiger partial charge in [-0.2, -0.15) is 0 Å². The van der Waals surface area contributed by atoms with Crippen LogP contribution in [-0.2, 0) is 10.0 Å². The number of benzene rings is 2. The van der Waals surface area contributed by atoms with E-state index in [0.29, 0.717) is 11.3 Å². The summed E-state index contributed by atoms with van der Waals surface area (Å²) in [5, 5.41) is 2.70. The van der Waals surface area contributed by atoms with Crippen molar-refractivity contribution < 1.29 is 22.7 Å². The zero-order valence-corrected chi connectivity index (χ0v) is 17.2. The Morgan fingerprint density at radius 3 is 2.41 bits per heavy atom. The van der Waals surface area contributed by atoms with Crippen LogP contribution in [0.4, 0.5) is 5.69 Å². The molecule has 0 saturated heterocycles. The van der Waals surface area contributed by atoms with Crippen molar-refractivity contribution in [1.29, 1.82) is 0 Å². The molecule has 1 saturated carbocycles. The number of hydrogen-bond donors (Lipinski definition) is 2. The van der Waals surface area contributed by atoms with Gasteiger partial charge in [0.25, 0.3) is 5.91 Å². The van der Waals surface area contributed by atoms with Gasteiger partial charge in [-0.25, -0.2) is 13.1 Å². The van der Waals surface area contributed by atoms with E-state index in [9.17, 15) is 18.0 Å². The smallest absolute Gasteiger partial charge is 0.255 e. The van der Waals surface area contributed by atoms with Crippen LogP contribution in [0.3, 0.4) is 0 Å². The van der Waals surface area contributed by atoms with E-state index in [-0.39, 0.29) is 28.0 Å². The quantitative estimate of drug-likeness (QED) is 0.674. The van der Waals surface area contributed by atoms with Gasteiger partial charge in [0, 0.05) is 22.9 Å². The van der Waals surface area contributed by atoms with E-state index < -0.39 is 15.9 Å². The third-order valence-electron chi connectivity index (χ3n) is 4.92. The lowest BCUT2D eigenvalue weighted by Gasteiger charge is -2.16. The second-order valence-corrected chi connectivity index (χ2v) is 8.74. The molecule has 29 heavy (non-hydrogen) atoms. The summed E-state index contributed by atoms with van der Waals surface area (Å²) in [6, 6.07) is 10.7. The van der Waals surface area contributed by atoms with Crippen molar-refractivity contribution >= 4 is 27.4 Å². The fourth-order valence-corrected chi connectivity index (χ4v) is 4.87. The van der Waals surface area contributed by atoms with Crippen LogP contribution in [0.25, 0.3) is 0 Å². The molecule has 2 aromatic carbocycles. The van der Waals surface area contributed by atoms with E-state index in [0.717, 1.165) is 25.7 Å². The maximum atomic E-state index is 12.9. The van der Waals surface area contributed by atoms with Gasteiger partial charge in [0.05, 0.1) is 7.11 Å². The zero-order chi connectivity index (χ0) is 21.0. The maximum Gasteiger partial charge on any atom is 0.255 e. The van der Waals surface area contributed by atoms with Crippen molar-refractivity contribution in [2.45, 2.75) is 43.5 Å².